The molecule has 2 fully saturated rings. The normalized spacial score (nSPS) is 22.7. The van der Waals surface area contributed by atoms with Crippen LogP contribution in [0.15, 0.2) is 66.7 Å². The molecule has 2 saturated heterocycles. The van der Waals surface area contributed by atoms with E-state index in [0.717, 1.165) is 22.4 Å². The molecular weight excluding hydrogens is 459 g/mol. The molecule has 0 saturated carbocycles. The van der Waals surface area contributed by atoms with Crippen molar-refractivity contribution in [3.05, 3.63) is 77.9 Å². The van der Waals surface area contributed by atoms with Crippen LogP contribution in [-0.4, -0.2) is 41.4 Å². The maximum Gasteiger partial charge on any atom is 0.417 e. The number of fused-ring (bicyclic) bond motifs is 1. The maximum absolute atomic E-state index is 13.6. The van der Waals surface area contributed by atoms with Crippen LogP contribution in [0.25, 0.3) is 10.8 Å². The van der Waals surface area contributed by atoms with Crippen molar-refractivity contribution in [2.45, 2.75) is 31.6 Å². The van der Waals surface area contributed by atoms with Crippen molar-refractivity contribution in [3.63, 3.8) is 0 Å². The Morgan fingerprint density at radius 1 is 0.971 bits per heavy atom. The summed E-state index contributed by atoms with van der Waals surface area (Å²) in [5.41, 5.74) is -1.08. The summed E-state index contributed by atoms with van der Waals surface area (Å²) in [5.74, 6) is -1.55. The minimum Gasteiger partial charge on any atom is -0.333 e. The summed E-state index contributed by atoms with van der Waals surface area (Å²) in [7, 11) is 0. The lowest BCUT2D eigenvalue weighted by Crippen LogP contribution is -2.52. The molecule has 6 nitrogen and oxygen atoms in total. The number of imide groups is 1. The van der Waals surface area contributed by atoms with E-state index in [1.165, 1.54) is 17.0 Å². The first-order valence-corrected chi connectivity index (χ1v) is 11.3. The fourth-order valence-electron chi connectivity index (χ4n) is 5.15. The Balaban J connectivity index is 1.49. The average Bonchev–Trinajstić information content (AvgIpc) is 3.35. The minimum absolute atomic E-state index is 0.185. The number of benzene rings is 3. The highest BCUT2D eigenvalue weighted by Gasteiger charge is 2.51. The van der Waals surface area contributed by atoms with Gasteiger partial charge in [-0.1, -0.05) is 55.5 Å². The fraction of sp³-hybridized carbons (Fsp3) is 0.269. The van der Waals surface area contributed by atoms with Gasteiger partial charge in [0.2, 0.25) is 0 Å². The van der Waals surface area contributed by atoms with E-state index >= 15 is 0 Å². The van der Waals surface area contributed by atoms with Gasteiger partial charge in [0.05, 0.1) is 22.9 Å². The Morgan fingerprint density at radius 3 is 2.43 bits per heavy atom. The number of carbonyl (C=O) groups excluding carboxylic acids is 3. The number of nitrogens with one attached hydrogen (secondary N) is 1. The van der Waals surface area contributed by atoms with Crippen LogP contribution in [0, 0.1) is 5.92 Å². The average molecular weight is 481 g/mol. The van der Waals surface area contributed by atoms with Crippen molar-refractivity contribution in [1.82, 2.24) is 10.2 Å². The molecule has 1 unspecified atom stereocenters. The van der Waals surface area contributed by atoms with Gasteiger partial charge in [-0.15, -0.1) is 0 Å². The predicted molar refractivity (Wildman–Crippen MR) is 124 cm³/mol. The van der Waals surface area contributed by atoms with Gasteiger partial charge < -0.3 is 10.2 Å². The predicted octanol–water partition coefficient (Wildman–Crippen LogP) is 4.83. The van der Waals surface area contributed by atoms with E-state index in [4.69, 9.17) is 0 Å². The lowest BCUT2D eigenvalue weighted by Gasteiger charge is -2.31. The van der Waals surface area contributed by atoms with Crippen molar-refractivity contribution in [3.8, 4) is 0 Å². The molecule has 0 radical (unpaired) electrons. The molecule has 180 valence electrons. The summed E-state index contributed by atoms with van der Waals surface area (Å²) < 4.78 is 40.7. The number of likely N-dealkylation sites (tertiary alicyclic amines) is 1. The smallest absolute Gasteiger partial charge is 0.333 e. The molecule has 2 aliphatic rings. The highest BCUT2D eigenvalue weighted by atomic mass is 19.4. The lowest BCUT2D eigenvalue weighted by molar-refractivity contribution is -0.138. The molecule has 2 aliphatic heterocycles. The van der Waals surface area contributed by atoms with Crippen LogP contribution < -0.4 is 10.2 Å². The van der Waals surface area contributed by atoms with Gasteiger partial charge in [-0.3, -0.25) is 9.59 Å². The SMILES string of the molecule is C[C@H]1CCN(C(=O)c2ccccc2C(F)(F)F)C1[C@@H]1NC(=O)N(c2cccc3ccccc23)C1=O. The lowest BCUT2D eigenvalue weighted by atomic mass is 9.94. The van der Waals surface area contributed by atoms with Crippen LogP contribution >= 0.6 is 0 Å². The zero-order chi connectivity index (χ0) is 24.9. The summed E-state index contributed by atoms with van der Waals surface area (Å²) in [5, 5.41) is 4.26. The number of halogens is 3. The van der Waals surface area contributed by atoms with Gasteiger partial charge >= 0.3 is 12.2 Å². The van der Waals surface area contributed by atoms with E-state index in [9.17, 15) is 27.6 Å². The van der Waals surface area contributed by atoms with Gasteiger partial charge in [0, 0.05) is 11.9 Å². The Morgan fingerprint density at radius 2 is 1.66 bits per heavy atom. The van der Waals surface area contributed by atoms with Gasteiger partial charge in [0.15, 0.2) is 0 Å². The minimum atomic E-state index is -4.70. The fourth-order valence-corrected chi connectivity index (χ4v) is 5.15. The molecule has 1 N–H and O–H groups in total. The second kappa shape index (κ2) is 8.41. The van der Waals surface area contributed by atoms with E-state index in [2.05, 4.69) is 5.32 Å². The molecule has 3 aromatic carbocycles. The van der Waals surface area contributed by atoms with Gasteiger partial charge in [0.25, 0.3) is 11.8 Å². The molecule has 0 aromatic heterocycles. The van der Waals surface area contributed by atoms with Crippen LogP contribution in [0.2, 0.25) is 0 Å². The van der Waals surface area contributed by atoms with E-state index < -0.39 is 47.2 Å². The molecule has 4 amide bonds. The van der Waals surface area contributed by atoms with E-state index in [1.54, 1.807) is 24.3 Å². The van der Waals surface area contributed by atoms with E-state index in [1.807, 2.05) is 25.1 Å². The van der Waals surface area contributed by atoms with E-state index in [0.29, 0.717) is 17.5 Å². The molecule has 3 aromatic rings. The van der Waals surface area contributed by atoms with Crippen molar-refractivity contribution in [2.75, 3.05) is 11.4 Å². The molecule has 5 rings (SSSR count). The quantitative estimate of drug-likeness (QED) is 0.545. The molecule has 2 heterocycles. The van der Waals surface area contributed by atoms with E-state index in [-0.39, 0.29) is 12.5 Å². The van der Waals surface area contributed by atoms with Crippen LogP contribution in [0.5, 0.6) is 0 Å². The highest BCUT2D eigenvalue weighted by Crippen LogP contribution is 2.37. The molecule has 3 atom stereocenters. The molecule has 0 bridgehead atoms. The molecule has 35 heavy (non-hydrogen) atoms. The number of amides is 4. The molecule has 0 aliphatic carbocycles. The number of urea groups is 1. The van der Waals surface area contributed by atoms with Gasteiger partial charge in [-0.2, -0.15) is 13.2 Å². The van der Waals surface area contributed by atoms with Gasteiger partial charge in [-0.05, 0) is 35.9 Å². The van der Waals surface area contributed by atoms with Crippen molar-refractivity contribution in [2.24, 2.45) is 5.92 Å². The number of hydrogen-bond acceptors (Lipinski definition) is 3. The number of nitrogens with zero attached hydrogens (tertiary/aromatic N) is 2. The Labute approximate surface area is 199 Å². The zero-order valence-electron chi connectivity index (χ0n) is 18.8. The van der Waals surface area contributed by atoms with Crippen molar-refractivity contribution < 1.29 is 27.6 Å². The first-order valence-electron chi connectivity index (χ1n) is 11.3. The number of carbonyl (C=O) groups is 3. The summed E-state index contributed by atoms with van der Waals surface area (Å²) in [6, 6.07) is 14.8. The molecular formula is C26H22F3N3O3. The third-order valence-electron chi connectivity index (χ3n) is 6.81. The van der Waals surface area contributed by atoms with Crippen LogP contribution in [0.4, 0.5) is 23.7 Å². The first-order chi connectivity index (χ1) is 16.7. The van der Waals surface area contributed by atoms with Crippen LogP contribution in [0.3, 0.4) is 0 Å². The van der Waals surface area contributed by atoms with Gasteiger partial charge in [0.1, 0.15) is 6.04 Å². The van der Waals surface area contributed by atoms with Crippen LogP contribution in [0.1, 0.15) is 29.3 Å². The highest BCUT2D eigenvalue weighted by molar-refractivity contribution is 6.24. The third-order valence-corrected chi connectivity index (χ3v) is 6.81. The summed E-state index contributed by atoms with van der Waals surface area (Å²) in [4.78, 5) is 42.2. The summed E-state index contributed by atoms with van der Waals surface area (Å²) in [6.07, 6.45) is -4.20. The number of hydrogen-bond donors (Lipinski definition) is 1. The molecule has 9 heteroatoms. The maximum atomic E-state index is 13.6. The monoisotopic (exact) mass is 481 g/mol. The van der Waals surface area contributed by atoms with Gasteiger partial charge in [-0.25, -0.2) is 9.69 Å². The summed E-state index contributed by atoms with van der Waals surface area (Å²) >= 11 is 0. The Hall–Kier alpha value is -3.88. The zero-order valence-corrected chi connectivity index (χ0v) is 18.8. The second-order valence-electron chi connectivity index (χ2n) is 8.90. The Kier molecular flexibility index (Phi) is 5.50. The Bertz CT molecular complexity index is 1330. The van der Waals surface area contributed by atoms with Crippen molar-refractivity contribution >= 4 is 34.3 Å². The first kappa shape index (κ1) is 22.9. The second-order valence-corrected chi connectivity index (χ2v) is 8.90. The standard InChI is InChI=1S/C26H22F3N3O3/c1-15-13-14-31(23(33)18-10-4-5-11-19(18)26(27,28)29)22(15)21-24(34)32(25(35)30-21)20-12-6-8-16-7-2-3-9-17(16)20/h2-12,15,21-22H,13-14H2,1H3,(H,30,35)/t15-,21-,22?/m0/s1. The summed E-state index contributed by atoms with van der Waals surface area (Å²) in [6.45, 7) is 2.01. The molecule has 0 spiro atoms. The largest absolute Gasteiger partial charge is 0.417 e. The number of alkyl halides is 3. The van der Waals surface area contributed by atoms with Crippen molar-refractivity contribution in [1.29, 1.82) is 0 Å². The number of rotatable bonds is 3. The third kappa shape index (κ3) is 3.80. The topological polar surface area (TPSA) is 69.7 Å². The van der Waals surface area contributed by atoms with Crippen LogP contribution in [-0.2, 0) is 11.0 Å². The number of anilines is 1.